The number of esters is 1. The molecule has 1 heterocycles. The zero-order valence-electron chi connectivity index (χ0n) is 16.9. The van der Waals surface area contributed by atoms with E-state index in [9.17, 15) is 4.79 Å². The minimum atomic E-state index is -0.337. The van der Waals surface area contributed by atoms with E-state index < -0.39 is 0 Å². The van der Waals surface area contributed by atoms with Crippen molar-refractivity contribution in [3.8, 4) is 22.5 Å². The molecule has 5 nitrogen and oxygen atoms in total. The first kappa shape index (κ1) is 19.7. The van der Waals surface area contributed by atoms with Crippen LogP contribution in [0.1, 0.15) is 36.5 Å². The molecule has 0 saturated carbocycles. The molecule has 1 aliphatic heterocycles. The van der Waals surface area contributed by atoms with Crippen LogP contribution in [0.25, 0.3) is 33.4 Å². The molecule has 0 spiro atoms. The number of unbranched alkanes of at least 4 members (excludes halogenated alkanes) is 2. The van der Waals surface area contributed by atoms with E-state index in [1.165, 1.54) is 0 Å². The van der Waals surface area contributed by atoms with E-state index >= 15 is 0 Å². The lowest BCUT2D eigenvalue weighted by Gasteiger charge is -2.17. The molecule has 0 unspecified atom stereocenters. The molecule has 2 aromatic carbocycles. The van der Waals surface area contributed by atoms with Gasteiger partial charge in [0.25, 0.3) is 0 Å². The van der Waals surface area contributed by atoms with Crippen LogP contribution in [0, 0.1) is 5.41 Å². The highest BCUT2D eigenvalue weighted by Crippen LogP contribution is 2.41. The Morgan fingerprint density at radius 2 is 1.87 bits per heavy atom. The molecule has 0 radical (unpaired) electrons. The SMILES string of the molecule is CCCCCOC(=O)c1ccccc1-c1c2ccc(=N)cc-2oc2cc(N)ccc12. The summed E-state index contributed by atoms with van der Waals surface area (Å²) >= 11 is 0. The van der Waals surface area contributed by atoms with Gasteiger partial charge in [0.15, 0.2) is 0 Å². The fourth-order valence-electron chi connectivity index (χ4n) is 3.67. The second kappa shape index (κ2) is 8.41. The lowest BCUT2D eigenvalue weighted by molar-refractivity contribution is 0.0499. The molecule has 5 heteroatoms. The van der Waals surface area contributed by atoms with Gasteiger partial charge in [-0.05, 0) is 42.3 Å². The molecule has 152 valence electrons. The fraction of sp³-hybridized carbons (Fsp3) is 0.200. The van der Waals surface area contributed by atoms with Gasteiger partial charge in [-0.25, -0.2) is 4.79 Å². The maximum atomic E-state index is 12.9. The Bertz CT molecular complexity index is 1240. The average Bonchev–Trinajstić information content (AvgIpc) is 2.74. The summed E-state index contributed by atoms with van der Waals surface area (Å²) in [5.74, 6) is 0.234. The van der Waals surface area contributed by atoms with Gasteiger partial charge in [-0.1, -0.05) is 38.0 Å². The number of carbonyl (C=O) groups excluding carboxylic acids is 1. The van der Waals surface area contributed by atoms with Gasteiger partial charge in [-0.3, -0.25) is 0 Å². The summed E-state index contributed by atoms with van der Waals surface area (Å²) < 4.78 is 11.6. The number of anilines is 1. The van der Waals surface area contributed by atoms with Crippen LogP contribution in [0.4, 0.5) is 5.69 Å². The molecule has 0 amide bonds. The standard InChI is InChI=1S/C25H24N2O3/c1-2-3-6-13-29-25(28)19-8-5-4-7-18(19)24-20-11-9-16(26)14-22(20)30-23-15-17(27)10-12-21(23)24/h4-5,7-12,14-15,26H,2-3,6,13,27H2,1H3. The summed E-state index contributed by atoms with van der Waals surface area (Å²) in [7, 11) is 0. The third-order valence-electron chi connectivity index (χ3n) is 5.14. The molecule has 2 aliphatic rings. The largest absolute Gasteiger partial charge is 0.462 e. The monoisotopic (exact) mass is 400 g/mol. The van der Waals surface area contributed by atoms with Gasteiger partial charge >= 0.3 is 5.97 Å². The molecule has 2 aromatic rings. The van der Waals surface area contributed by atoms with Crippen LogP contribution in [0.2, 0.25) is 0 Å². The van der Waals surface area contributed by atoms with Crippen LogP contribution in [0.5, 0.6) is 0 Å². The lowest BCUT2D eigenvalue weighted by Crippen LogP contribution is -2.09. The summed E-state index contributed by atoms with van der Waals surface area (Å²) in [6.07, 6.45) is 2.95. The zero-order chi connectivity index (χ0) is 21.1. The van der Waals surface area contributed by atoms with Crippen LogP contribution < -0.4 is 11.1 Å². The Kier molecular flexibility index (Phi) is 5.53. The summed E-state index contributed by atoms with van der Waals surface area (Å²) in [6, 6.07) is 18.2. The third-order valence-corrected chi connectivity index (χ3v) is 5.14. The molecule has 3 N–H and O–H groups in total. The van der Waals surface area contributed by atoms with Crippen molar-refractivity contribution in [1.82, 2.24) is 0 Å². The quantitative estimate of drug-likeness (QED) is 0.190. The molecule has 1 aliphatic carbocycles. The van der Waals surface area contributed by atoms with E-state index in [4.69, 9.17) is 20.3 Å². The number of nitrogens with two attached hydrogens (primary N) is 1. The normalized spacial score (nSPS) is 11.1. The number of hydrogen-bond donors (Lipinski definition) is 2. The minimum Gasteiger partial charge on any atom is -0.462 e. The van der Waals surface area contributed by atoms with Gasteiger partial charge in [0, 0.05) is 34.3 Å². The summed E-state index contributed by atoms with van der Waals surface area (Å²) in [5.41, 5.74) is 10.1. The van der Waals surface area contributed by atoms with Gasteiger partial charge in [-0.2, -0.15) is 0 Å². The smallest absolute Gasteiger partial charge is 0.338 e. The van der Waals surface area contributed by atoms with Gasteiger partial charge < -0.3 is 20.3 Å². The second-order valence-corrected chi connectivity index (χ2v) is 7.33. The number of hydrogen-bond acceptors (Lipinski definition) is 5. The molecule has 0 bridgehead atoms. The number of carbonyl (C=O) groups is 1. The van der Waals surface area contributed by atoms with E-state index in [-0.39, 0.29) is 5.97 Å². The van der Waals surface area contributed by atoms with Crippen molar-refractivity contribution in [1.29, 1.82) is 5.41 Å². The molecule has 0 saturated heterocycles. The van der Waals surface area contributed by atoms with Crippen molar-refractivity contribution in [3.63, 3.8) is 0 Å². The van der Waals surface area contributed by atoms with E-state index in [1.807, 2.05) is 36.4 Å². The van der Waals surface area contributed by atoms with Crippen LogP contribution in [-0.2, 0) is 4.74 Å². The highest BCUT2D eigenvalue weighted by atomic mass is 16.5. The topological polar surface area (TPSA) is 89.3 Å². The van der Waals surface area contributed by atoms with Crippen molar-refractivity contribution < 1.29 is 13.9 Å². The van der Waals surface area contributed by atoms with Crippen LogP contribution in [-0.4, -0.2) is 12.6 Å². The van der Waals surface area contributed by atoms with E-state index in [2.05, 4.69) is 6.92 Å². The van der Waals surface area contributed by atoms with E-state index in [1.54, 1.807) is 24.3 Å². The van der Waals surface area contributed by atoms with E-state index in [0.717, 1.165) is 41.3 Å². The van der Waals surface area contributed by atoms with Crippen LogP contribution in [0.15, 0.2) is 65.1 Å². The average molecular weight is 400 g/mol. The van der Waals surface area contributed by atoms with Crippen molar-refractivity contribution in [2.24, 2.45) is 0 Å². The predicted octanol–water partition coefficient (Wildman–Crippen LogP) is 5.61. The van der Waals surface area contributed by atoms with Crippen LogP contribution >= 0.6 is 0 Å². The van der Waals surface area contributed by atoms with Crippen molar-refractivity contribution >= 4 is 22.6 Å². The van der Waals surface area contributed by atoms with Crippen LogP contribution in [0.3, 0.4) is 0 Å². The number of rotatable bonds is 6. The lowest BCUT2D eigenvalue weighted by atomic mass is 9.90. The van der Waals surface area contributed by atoms with Gasteiger partial charge in [0.2, 0.25) is 0 Å². The maximum Gasteiger partial charge on any atom is 0.338 e. The highest BCUT2D eigenvalue weighted by molar-refractivity contribution is 6.08. The number of nitrogen functional groups attached to an aromatic ring is 1. The first-order chi connectivity index (χ1) is 14.6. The summed E-state index contributed by atoms with van der Waals surface area (Å²) in [4.78, 5) is 12.9. The molecule has 0 atom stereocenters. The second-order valence-electron chi connectivity index (χ2n) is 7.33. The first-order valence-corrected chi connectivity index (χ1v) is 10.2. The minimum absolute atomic E-state index is 0.337. The molecular formula is C25H24N2O3. The fourth-order valence-corrected chi connectivity index (χ4v) is 3.67. The highest BCUT2D eigenvalue weighted by Gasteiger charge is 2.21. The third kappa shape index (κ3) is 3.79. The van der Waals surface area contributed by atoms with Gasteiger partial charge in [0.05, 0.1) is 17.5 Å². The number of benzene rings is 3. The molecule has 0 aromatic heterocycles. The molecular weight excluding hydrogens is 376 g/mol. The number of ether oxygens (including phenoxy) is 1. The molecule has 4 rings (SSSR count). The number of fused-ring (bicyclic) bond motifs is 2. The van der Waals surface area contributed by atoms with Crippen molar-refractivity contribution in [2.45, 2.75) is 26.2 Å². The zero-order valence-corrected chi connectivity index (χ0v) is 16.9. The maximum absolute atomic E-state index is 12.9. The Morgan fingerprint density at radius 1 is 1.03 bits per heavy atom. The first-order valence-electron chi connectivity index (χ1n) is 10.2. The van der Waals surface area contributed by atoms with Crippen molar-refractivity contribution in [2.75, 3.05) is 12.3 Å². The summed E-state index contributed by atoms with van der Waals surface area (Å²) in [6.45, 7) is 2.52. The van der Waals surface area contributed by atoms with E-state index in [0.29, 0.717) is 34.6 Å². The van der Waals surface area contributed by atoms with Gasteiger partial charge in [0.1, 0.15) is 11.3 Å². The Labute approximate surface area is 175 Å². The molecule has 0 fully saturated rings. The van der Waals surface area contributed by atoms with Crippen molar-refractivity contribution in [3.05, 3.63) is 71.6 Å². The Morgan fingerprint density at radius 3 is 2.70 bits per heavy atom. The Balaban J connectivity index is 1.91. The molecule has 30 heavy (non-hydrogen) atoms. The predicted molar refractivity (Wildman–Crippen MR) is 118 cm³/mol. The van der Waals surface area contributed by atoms with Gasteiger partial charge in [-0.15, -0.1) is 0 Å². The summed E-state index contributed by atoms with van der Waals surface area (Å²) in [5, 5.41) is 9.16. The number of nitrogens with one attached hydrogen (secondary N) is 1. The Hall–Kier alpha value is -3.60.